The van der Waals surface area contributed by atoms with Gasteiger partial charge in [-0.1, -0.05) is 31.5 Å². The second-order valence-corrected chi connectivity index (χ2v) is 5.15. The Kier molecular flexibility index (Phi) is 6.67. The van der Waals surface area contributed by atoms with Crippen LogP contribution in [0.4, 0.5) is 0 Å². The van der Waals surface area contributed by atoms with Gasteiger partial charge in [0.15, 0.2) is 6.61 Å². The fourth-order valence-electron chi connectivity index (χ4n) is 1.45. The lowest BCUT2D eigenvalue weighted by Gasteiger charge is -2.10. The largest absolute Gasteiger partial charge is 0.482 e. The van der Waals surface area contributed by atoms with Gasteiger partial charge in [0.25, 0.3) is 5.91 Å². The number of hydrogen-bond donors (Lipinski definition) is 2. The van der Waals surface area contributed by atoms with Crippen LogP contribution in [0.25, 0.3) is 0 Å². The molecule has 0 aliphatic heterocycles. The van der Waals surface area contributed by atoms with Crippen molar-refractivity contribution in [1.82, 2.24) is 5.32 Å². The highest BCUT2D eigenvalue weighted by Gasteiger charge is 2.06. The Morgan fingerprint density at radius 1 is 1.47 bits per heavy atom. The predicted octanol–water partition coefficient (Wildman–Crippen LogP) is 2.37. The van der Waals surface area contributed by atoms with E-state index in [-0.39, 0.29) is 19.1 Å². The van der Waals surface area contributed by atoms with Gasteiger partial charge < -0.3 is 15.2 Å². The van der Waals surface area contributed by atoms with Crippen molar-refractivity contribution in [1.29, 1.82) is 0 Å². The van der Waals surface area contributed by atoms with Gasteiger partial charge in [-0.2, -0.15) is 0 Å². The molecule has 0 atom stereocenters. The van der Waals surface area contributed by atoms with Gasteiger partial charge in [0.1, 0.15) is 5.75 Å². The Balaban J connectivity index is 2.37. The van der Waals surface area contributed by atoms with Gasteiger partial charge in [0, 0.05) is 6.54 Å². The number of carbonyl (C=O) groups excluding carboxylic acids is 1. The van der Waals surface area contributed by atoms with Crippen LogP contribution < -0.4 is 10.1 Å². The van der Waals surface area contributed by atoms with E-state index in [2.05, 4.69) is 19.2 Å². The first-order valence-electron chi connectivity index (χ1n) is 6.31. The molecule has 0 fully saturated rings. The summed E-state index contributed by atoms with van der Waals surface area (Å²) in [5, 5.41) is 12.1. The molecule has 0 bridgehead atoms. The molecule has 1 aromatic carbocycles. The van der Waals surface area contributed by atoms with Crippen LogP contribution in [0.2, 0.25) is 5.02 Å². The molecule has 0 saturated heterocycles. The highest BCUT2D eigenvalue weighted by molar-refractivity contribution is 6.32. The number of carbonyl (C=O) groups is 1. The summed E-state index contributed by atoms with van der Waals surface area (Å²) in [4.78, 5) is 11.5. The molecule has 5 heteroatoms. The monoisotopic (exact) mass is 285 g/mol. The number of aliphatic hydroxyl groups excluding tert-OH is 1. The summed E-state index contributed by atoms with van der Waals surface area (Å²) in [7, 11) is 0. The summed E-state index contributed by atoms with van der Waals surface area (Å²) in [6, 6.07) is 4.97. The molecule has 1 rings (SSSR count). The van der Waals surface area contributed by atoms with Crippen molar-refractivity contribution in [3.8, 4) is 5.75 Å². The van der Waals surface area contributed by atoms with E-state index in [1.807, 2.05) is 0 Å². The summed E-state index contributed by atoms with van der Waals surface area (Å²) < 4.78 is 5.33. The lowest BCUT2D eigenvalue weighted by atomic mass is 10.1. The second kappa shape index (κ2) is 8.02. The third-order valence-corrected chi connectivity index (χ3v) is 2.88. The Bertz CT molecular complexity index is 421. The number of amides is 1. The van der Waals surface area contributed by atoms with Gasteiger partial charge in [-0.3, -0.25) is 4.79 Å². The molecule has 1 aromatic rings. The van der Waals surface area contributed by atoms with Crippen molar-refractivity contribution < 1.29 is 14.6 Å². The van der Waals surface area contributed by atoms with Crippen LogP contribution in [0.15, 0.2) is 18.2 Å². The molecule has 19 heavy (non-hydrogen) atoms. The van der Waals surface area contributed by atoms with Crippen molar-refractivity contribution in [3.63, 3.8) is 0 Å². The molecule has 0 saturated carbocycles. The molecule has 0 unspecified atom stereocenters. The maximum atomic E-state index is 11.5. The van der Waals surface area contributed by atoms with Crippen molar-refractivity contribution >= 4 is 17.5 Å². The SMILES string of the molecule is CC(C)CCNC(=O)COc1ccc(CO)cc1Cl. The summed E-state index contributed by atoms with van der Waals surface area (Å²) in [6.45, 7) is 4.72. The molecule has 4 nitrogen and oxygen atoms in total. The normalized spacial score (nSPS) is 10.6. The maximum absolute atomic E-state index is 11.5. The van der Waals surface area contributed by atoms with Crippen molar-refractivity contribution in [2.75, 3.05) is 13.2 Å². The van der Waals surface area contributed by atoms with E-state index in [0.717, 1.165) is 6.42 Å². The minimum absolute atomic E-state index is 0.0592. The highest BCUT2D eigenvalue weighted by atomic mass is 35.5. The molecule has 0 heterocycles. The number of ether oxygens (including phenoxy) is 1. The van der Waals surface area contributed by atoms with Crippen LogP contribution in [0, 0.1) is 5.92 Å². The van der Waals surface area contributed by atoms with E-state index in [9.17, 15) is 4.79 Å². The smallest absolute Gasteiger partial charge is 0.257 e. The first-order chi connectivity index (χ1) is 9.02. The third-order valence-electron chi connectivity index (χ3n) is 2.58. The summed E-state index contributed by atoms with van der Waals surface area (Å²) in [5.74, 6) is 0.836. The van der Waals surface area contributed by atoms with Gasteiger partial charge in [0.05, 0.1) is 11.6 Å². The van der Waals surface area contributed by atoms with Crippen LogP contribution in [0.5, 0.6) is 5.75 Å². The average molecular weight is 286 g/mol. The Morgan fingerprint density at radius 3 is 2.79 bits per heavy atom. The number of benzene rings is 1. The summed E-state index contributed by atoms with van der Waals surface area (Å²) in [6.07, 6.45) is 0.942. The molecule has 0 spiro atoms. The van der Waals surface area contributed by atoms with Gasteiger partial charge >= 0.3 is 0 Å². The quantitative estimate of drug-likeness (QED) is 0.809. The fourth-order valence-corrected chi connectivity index (χ4v) is 1.71. The highest BCUT2D eigenvalue weighted by Crippen LogP contribution is 2.25. The molecule has 1 amide bonds. The van der Waals surface area contributed by atoms with E-state index >= 15 is 0 Å². The molecule has 106 valence electrons. The lowest BCUT2D eigenvalue weighted by molar-refractivity contribution is -0.123. The number of halogens is 1. The minimum atomic E-state index is -0.164. The van der Waals surface area contributed by atoms with Crippen LogP contribution in [-0.2, 0) is 11.4 Å². The first kappa shape index (κ1) is 15.8. The van der Waals surface area contributed by atoms with E-state index in [1.54, 1.807) is 18.2 Å². The number of nitrogens with one attached hydrogen (secondary N) is 1. The molecular weight excluding hydrogens is 266 g/mol. The summed E-state index contributed by atoms with van der Waals surface area (Å²) in [5.41, 5.74) is 0.707. The third kappa shape index (κ3) is 5.94. The zero-order valence-corrected chi connectivity index (χ0v) is 12.0. The van der Waals surface area contributed by atoms with E-state index < -0.39 is 0 Å². The molecule has 2 N–H and O–H groups in total. The van der Waals surface area contributed by atoms with Gasteiger partial charge in [-0.05, 0) is 30.0 Å². The molecular formula is C14H20ClNO3. The van der Waals surface area contributed by atoms with Gasteiger partial charge in [0.2, 0.25) is 0 Å². The Hall–Kier alpha value is -1.26. The second-order valence-electron chi connectivity index (χ2n) is 4.74. The fraction of sp³-hybridized carbons (Fsp3) is 0.500. The zero-order valence-electron chi connectivity index (χ0n) is 11.3. The van der Waals surface area contributed by atoms with Crippen LogP contribution in [0.1, 0.15) is 25.8 Å². The van der Waals surface area contributed by atoms with Crippen LogP contribution in [0.3, 0.4) is 0 Å². The van der Waals surface area contributed by atoms with E-state index in [0.29, 0.717) is 28.8 Å². The van der Waals surface area contributed by atoms with E-state index in [4.69, 9.17) is 21.4 Å². The average Bonchev–Trinajstić information content (AvgIpc) is 2.36. The van der Waals surface area contributed by atoms with Gasteiger partial charge in [-0.15, -0.1) is 0 Å². The minimum Gasteiger partial charge on any atom is -0.482 e. The Morgan fingerprint density at radius 2 is 2.21 bits per heavy atom. The molecule has 0 aliphatic rings. The Labute approximate surface area is 118 Å². The van der Waals surface area contributed by atoms with Crippen molar-refractivity contribution in [2.24, 2.45) is 5.92 Å². The molecule has 0 aromatic heterocycles. The number of aliphatic hydroxyl groups is 1. The number of hydrogen-bond acceptors (Lipinski definition) is 3. The van der Waals surface area contributed by atoms with Crippen molar-refractivity contribution in [3.05, 3.63) is 28.8 Å². The lowest BCUT2D eigenvalue weighted by Crippen LogP contribution is -2.30. The van der Waals surface area contributed by atoms with Crippen molar-refractivity contribution in [2.45, 2.75) is 26.9 Å². The summed E-state index contributed by atoms with van der Waals surface area (Å²) >= 11 is 5.97. The van der Waals surface area contributed by atoms with E-state index in [1.165, 1.54) is 0 Å². The van der Waals surface area contributed by atoms with Crippen LogP contribution in [-0.4, -0.2) is 24.2 Å². The topological polar surface area (TPSA) is 58.6 Å². The van der Waals surface area contributed by atoms with Crippen LogP contribution >= 0.6 is 11.6 Å². The number of rotatable bonds is 7. The van der Waals surface area contributed by atoms with Gasteiger partial charge in [-0.25, -0.2) is 0 Å². The maximum Gasteiger partial charge on any atom is 0.257 e. The first-order valence-corrected chi connectivity index (χ1v) is 6.69. The predicted molar refractivity (Wildman–Crippen MR) is 75.3 cm³/mol. The molecule has 0 radical (unpaired) electrons. The standard InChI is InChI=1S/C14H20ClNO3/c1-10(2)5-6-16-14(18)9-19-13-4-3-11(8-17)7-12(13)15/h3-4,7,10,17H,5-6,8-9H2,1-2H3,(H,16,18). The molecule has 0 aliphatic carbocycles. The zero-order chi connectivity index (χ0) is 14.3.